The standard InChI is InChI=1S/C22H18N4O3/c1-3-11-24-20(27)16(14-23)13-17-21(29-18-9-5-4-8-15(18)2)25-19-10-6-7-12-26(19)22(17)28/h3-10,12-13H,1,11H2,2H3,(H,24,27). The molecule has 3 aromatic rings. The Morgan fingerprint density at radius 3 is 2.79 bits per heavy atom. The minimum atomic E-state index is -0.619. The SMILES string of the molecule is C=CCNC(=O)C(C#N)=Cc1c(Oc2ccccc2C)nc2ccccn2c1=O. The first-order valence-corrected chi connectivity index (χ1v) is 8.81. The van der Waals surface area contributed by atoms with Gasteiger partial charge < -0.3 is 10.1 Å². The molecule has 1 amide bonds. The molecule has 2 aromatic heterocycles. The number of carbonyl (C=O) groups is 1. The van der Waals surface area contributed by atoms with E-state index in [-0.39, 0.29) is 23.6 Å². The normalized spacial score (nSPS) is 11.0. The molecular weight excluding hydrogens is 368 g/mol. The van der Waals surface area contributed by atoms with E-state index in [1.54, 1.807) is 36.5 Å². The Morgan fingerprint density at radius 2 is 2.07 bits per heavy atom. The fourth-order valence-corrected chi connectivity index (χ4v) is 2.61. The predicted octanol–water partition coefficient (Wildman–Crippen LogP) is 3.00. The highest BCUT2D eigenvalue weighted by atomic mass is 16.5. The van der Waals surface area contributed by atoms with Crippen LogP contribution < -0.4 is 15.6 Å². The van der Waals surface area contributed by atoms with Crippen molar-refractivity contribution in [3.8, 4) is 17.7 Å². The van der Waals surface area contributed by atoms with Gasteiger partial charge in [-0.1, -0.05) is 30.3 Å². The first-order valence-electron chi connectivity index (χ1n) is 8.81. The van der Waals surface area contributed by atoms with Gasteiger partial charge in [0.2, 0.25) is 5.88 Å². The van der Waals surface area contributed by atoms with Gasteiger partial charge in [-0.15, -0.1) is 6.58 Å². The largest absolute Gasteiger partial charge is 0.438 e. The zero-order valence-corrected chi connectivity index (χ0v) is 15.8. The molecular formula is C22H18N4O3. The number of pyridine rings is 1. The van der Waals surface area contributed by atoms with Crippen LogP contribution in [0.5, 0.6) is 11.6 Å². The van der Waals surface area contributed by atoms with Crippen LogP contribution in [0.1, 0.15) is 11.1 Å². The van der Waals surface area contributed by atoms with Crippen molar-refractivity contribution in [1.29, 1.82) is 5.26 Å². The maximum absolute atomic E-state index is 13.1. The fourth-order valence-electron chi connectivity index (χ4n) is 2.61. The van der Waals surface area contributed by atoms with Crippen LogP contribution >= 0.6 is 0 Å². The number of carbonyl (C=O) groups excluding carboxylic acids is 1. The number of amides is 1. The van der Waals surface area contributed by atoms with E-state index in [4.69, 9.17) is 4.74 Å². The van der Waals surface area contributed by atoms with Gasteiger partial charge in [0.25, 0.3) is 11.5 Å². The summed E-state index contributed by atoms with van der Waals surface area (Å²) < 4.78 is 7.24. The Hall–Kier alpha value is -4.18. The van der Waals surface area contributed by atoms with Gasteiger partial charge in [0.1, 0.15) is 28.6 Å². The molecule has 7 nitrogen and oxygen atoms in total. The van der Waals surface area contributed by atoms with E-state index in [0.29, 0.717) is 11.4 Å². The molecule has 0 saturated heterocycles. The highest BCUT2D eigenvalue weighted by molar-refractivity contribution is 6.02. The van der Waals surface area contributed by atoms with Crippen LogP contribution in [0.15, 0.2) is 71.7 Å². The van der Waals surface area contributed by atoms with Gasteiger partial charge in [-0.05, 0) is 36.8 Å². The quantitative estimate of drug-likeness (QED) is 0.399. The third kappa shape index (κ3) is 4.22. The van der Waals surface area contributed by atoms with Crippen molar-refractivity contribution < 1.29 is 9.53 Å². The van der Waals surface area contributed by atoms with Crippen LogP contribution in [-0.2, 0) is 4.79 Å². The van der Waals surface area contributed by atoms with Crippen LogP contribution in [0.25, 0.3) is 11.7 Å². The number of aromatic nitrogens is 2. The lowest BCUT2D eigenvalue weighted by Crippen LogP contribution is -2.25. The van der Waals surface area contributed by atoms with E-state index in [1.165, 1.54) is 16.6 Å². The van der Waals surface area contributed by atoms with Crippen molar-refractivity contribution in [2.24, 2.45) is 0 Å². The molecule has 0 saturated carbocycles. The number of ether oxygens (including phenoxy) is 1. The van der Waals surface area contributed by atoms with E-state index < -0.39 is 11.5 Å². The molecule has 29 heavy (non-hydrogen) atoms. The number of benzene rings is 1. The Kier molecular flexibility index (Phi) is 5.85. The van der Waals surface area contributed by atoms with Crippen LogP contribution in [0.4, 0.5) is 0 Å². The Morgan fingerprint density at radius 1 is 1.31 bits per heavy atom. The second-order valence-electron chi connectivity index (χ2n) is 6.10. The van der Waals surface area contributed by atoms with Crippen molar-refractivity contribution in [3.05, 3.63) is 88.4 Å². The van der Waals surface area contributed by atoms with Gasteiger partial charge in [0.05, 0.1) is 0 Å². The van der Waals surface area contributed by atoms with Gasteiger partial charge in [0, 0.05) is 12.7 Å². The summed E-state index contributed by atoms with van der Waals surface area (Å²) in [6, 6.07) is 14.2. The number of rotatable bonds is 6. The summed E-state index contributed by atoms with van der Waals surface area (Å²) in [5, 5.41) is 11.9. The molecule has 1 aromatic carbocycles. The van der Waals surface area contributed by atoms with Gasteiger partial charge in [0.15, 0.2) is 0 Å². The zero-order valence-electron chi connectivity index (χ0n) is 15.8. The second kappa shape index (κ2) is 8.67. The molecule has 0 unspecified atom stereocenters. The number of fused-ring (bicyclic) bond motifs is 1. The Balaban J connectivity index is 2.19. The average Bonchev–Trinajstić information content (AvgIpc) is 2.73. The van der Waals surface area contributed by atoms with E-state index in [0.717, 1.165) is 5.56 Å². The van der Waals surface area contributed by atoms with Gasteiger partial charge in [-0.25, -0.2) is 0 Å². The van der Waals surface area contributed by atoms with Crippen molar-refractivity contribution in [2.75, 3.05) is 6.54 Å². The summed E-state index contributed by atoms with van der Waals surface area (Å²) in [6.07, 6.45) is 4.25. The Bertz CT molecular complexity index is 1220. The van der Waals surface area contributed by atoms with Crippen molar-refractivity contribution in [3.63, 3.8) is 0 Å². The number of nitriles is 1. The van der Waals surface area contributed by atoms with Crippen LogP contribution in [0.2, 0.25) is 0 Å². The molecule has 1 N–H and O–H groups in total. The van der Waals surface area contributed by atoms with E-state index in [1.807, 2.05) is 25.1 Å². The monoisotopic (exact) mass is 386 g/mol. The smallest absolute Gasteiger partial charge is 0.269 e. The summed E-state index contributed by atoms with van der Waals surface area (Å²) in [6.45, 7) is 5.58. The number of nitrogens with one attached hydrogen (secondary N) is 1. The lowest BCUT2D eigenvalue weighted by molar-refractivity contribution is -0.116. The molecule has 2 heterocycles. The fraction of sp³-hybridized carbons (Fsp3) is 0.0909. The van der Waals surface area contributed by atoms with Crippen LogP contribution in [-0.4, -0.2) is 21.8 Å². The molecule has 0 aliphatic carbocycles. The topological polar surface area (TPSA) is 96.5 Å². The minimum absolute atomic E-state index is 0.00209. The molecule has 0 spiro atoms. The first-order chi connectivity index (χ1) is 14.0. The summed E-state index contributed by atoms with van der Waals surface area (Å²) in [7, 11) is 0. The molecule has 0 fully saturated rings. The number of hydrogen-bond acceptors (Lipinski definition) is 5. The second-order valence-corrected chi connectivity index (χ2v) is 6.10. The van der Waals surface area contributed by atoms with Crippen LogP contribution in [0.3, 0.4) is 0 Å². The van der Waals surface area contributed by atoms with Gasteiger partial charge >= 0.3 is 0 Å². The molecule has 0 atom stereocenters. The number of aryl methyl sites for hydroxylation is 1. The molecule has 0 radical (unpaired) electrons. The third-order valence-corrected chi connectivity index (χ3v) is 4.10. The van der Waals surface area contributed by atoms with Crippen LogP contribution in [0, 0.1) is 18.3 Å². The summed E-state index contributed by atoms with van der Waals surface area (Å²) in [5.74, 6) is -0.0875. The van der Waals surface area contributed by atoms with E-state index >= 15 is 0 Å². The highest BCUT2D eigenvalue weighted by Gasteiger charge is 2.17. The van der Waals surface area contributed by atoms with Gasteiger partial charge in [-0.2, -0.15) is 10.2 Å². The highest BCUT2D eigenvalue weighted by Crippen LogP contribution is 2.26. The maximum atomic E-state index is 13.1. The predicted molar refractivity (Wildman–Crippen MR) is 110 cm³/mol. The van der Waals surface area contributed by atoms with Gasteiger partial charge in [-0.3, -0.25) is 14.0 Å². The van der Waals surface area contributed by atoms with Crippen molar-refractivity contribution in [2.45, 2.75) is 6.92 Å². The molecule has 3 rings (SSSR count). The molecule has 0 aliphatic rings. The number of para-hydroxylation sites is 1. The molecule has 7 heteroatoms. The van der Waals surface area contributed by atoms with Crippen molar-refractivity contribution in [1.82, 2.24) is 14.7 Å². The summed E-state index contributed by atoms with van der Waals surface area (Å²) >= 11 is 0. The zero-order chi connectivity index (χ0) is 20.8. The molecule has 144 valence electrons. The number of hydrogen-bond donors (Lipinski definition) is 1. The van der Waals surface area contributed by atoms with E-state index in [9.17, 15) is 14.9 Å². The molecule has 0 bridgehead atoms. The summed E-state index contributed by atoms with van der Waals surface area (Å²) in [5.41, 5.74) is 0.538. The third-order valence-electron chi connectivity index (χ3n) is 4.10. The maximum Gasteiger partial charge on any atom is 0.269 e. The number of nitrogens with zero attached hydrogens (tertiary/aromatic N) is 3. The lowest BCUT2D eigenvalue weighted by atomic mass is 10.1. The van der Waals surface area contributed by atoms with Crippen molar-refractivity contribution >= 4 is 17.6 Å². The summed E-state index contributed by atoms with van der Waals surface area (Å²) in [4.78, 5) is 29.7. The average molecular weight is 386 g/mol. The minimum Gasteiger partial charge on any atom is -0.438 e. The Labute approximate surface area is 167 Å². The first kappa shape index (κ1) is 19.6. The lowest BCUT2D eigenvalue weighted by Gasteiger charge is -2.11. The van der Waals surface area contributed by atoms with E-state index in [2.05, 4.69) is 16.9 Å². The molecule has 0 aliphatic heterocycles.